The van der Waals surface area contributed by atoms with E-state index in [4.69, 9.17) is 24.1 Å². The van der Waals surface area contributed by atoms with Crippen molar-refractivity contribution in [3.8, 4) is 23.0 Å². The smallest absolute Gasteiger partial charge is 0.303 e. The zero-order chi connectivity index (χ0) is 21.2. The second-order valence-corrected chi connectivity index (χ2v) is 6.03. The van der Waals surface area contributed by atoms with Crippen LogP contribution in [0.2, 0.25) is 0 Å². The molecular weight excluding hydrogens is 376 g/mol. The van der Waals surface area contributed by atoms with E-state index in [2.05, 4.69) is 0 Å². The molecule has 0 atom stereocenters. The quantitative estimate of drug-likeness (QED) is 0.348. The highest BCUT2D eigenvalue weighted by Gasteiger charge is 2.12. The van der Waals surface area contributed by atoms with Crippen LogP contribution in [0.5, 0.6) is 23.0 Å². The molecule has 0 amide bonds. The molecule has 0 aliphatic carbocycles. The Morgan fingerprint density at radius 2 is 1.59 bits per heavy atom. The second kappa shape index (κ2) is 10.8. The number of carbonyl (C=O) groups excluding carboxylic acids is 1. The number of allylic oxidation sites excluding steroid dienone is 1. The molecule has 1 N–H and O–H groups in total. The summed E-state index contributed by atoms with van der Waals surface area (Å²) in [7, 11) is 4.58. The molecule has 0 radical (unpaired) electrons. The second-order valence-electron chi connectivity index (χ2n) is 6.03. The monoisotopic (exact) mass is 400 g/mol. The number of carboxylic acid groups (broad SMARTS) is 1. The Bertz CT molecular complexity index is 844. The van der Waals surface area contributed by atoms with E-state index in [1.807, 2.05) is 0 Å². The predicted octanol–water partition coefficient (Wildman–Crippen LogP) is 3.85. The molecule has 154 valence electrons. The first kappa shape index (κ1) is 21.8. The van der Waals surface area contributed by atoms with Crippen LogP contribution in [0.25, 0.3) is 6.08 Å². The highest BCUT2D eigenvalue weighted by atomic mass is 16.5. The third-order valence-electron chi connectivity index (χ3n) is 4.06. The fourth-order valence-corrected chi connectivity index (χ4v) is 2.59. The summed E-state index contributed by atoms with van der Waals surface area (Å²) in [6.07, 6.45) is 3.61. The Labute approximate surface area is 169 Å². The van der Waals surface area contributed by atoms with E-state index in [0.717, 1.165) is 5.56 Å². The van der Waals surface area contributed by atoms with Crippen molar-refractivity contribution >= 4 is 17.8 Å². The predicted molar refractivity (Wildman–Crippen MR) is 108 cm³/mol. The minimum Gasteiger partial charge on any atom is -0.494 e. The van der Waals surface area contributed by atoms with Crippen molar-refractivity contribution < 1.29 is 33.6 Å². The van der Waals surface area contributed by atoms with Gasteiger partial charge in [-0.3, -0.25) is 9.59 Å². The van der Waals surface area contributed by atoms with Crippen LogP contribution >= 0.6 is 0 Å². The summed E-state index contributed by atoms with van der Waals surface area (Å²) in [6.45, 7) is 0.306. The van der Waals surface area contributed by atoms with Gasteiger partial charge in [0.2, 0.25) is 5.75 Å². The van der Waals surface area contributed by atoms with E-state index >= 15 is 0 Å². The van der Waals surface area contributed by atoms with Gasteiger partial charge in [-0.2, -0.15) is 0 Å². The summed E-state index contributed by atoms with van der Waals surface area (Å²) in [5.74, 6) is 1.05. The summed E-state index contributed by atoms with van der Waals surface area (Å²) < 4.78 is 21.4. The molecule has 2 aromatic carbocycles. The van der Waals surface area contributed by atoms with Crippen molar-refractivity contribution in [1.29, 1.82) is 0 Å². The maximum atomic E-state index is 12.4. The zero-order valence-electron chi connectivity index (χ0n) is 16.6. The highest BCUT2D eigenvalue weighted by Crippen LogP contribution is 2.38. The van der Waals surface area contributed by atoms with Crippen molar-refractivity contribution in [3.05, 3.63) is 53.6 Å². The van der Waals surface area contributed by atoms with Crippen LogP contribution in [-0.2, 0) is 4.79 Å². The van der Waals surface area contributed by atoms with E-state index < -0.39 is 5.97 Å². The van der Waals surface area contributed by atoms with Crippen LogP contribution in [0.4, 0.5) is 0 Å². The molecule has 29 heavy (non-hydrogen) atoms. The summed E-state index contributed by atoms with van der Waals surface area (Å²) in [5, 5.41) is 8.61. The summed E-state index contributed by atoms with van der Waals surface area (Å²) in [6, 6.07) is 10.2. The lowest BCUT2D eigenvalue weighted by Gasteiger charge is -2.12. The molecule has 0 aliphatic heterocycles. The lowest BCUT2D eigenvalue weighted by molar-refractivity contribution is -0.137. The molecule has 2 aromatic rings. The van der Waals surface area contributed by atoms with Crippen LogP contribution in [0.15, 0.2) is 42.5 Å². The first-order valence-electron chi connectivity index (χ1n) is 8.95. The Morgan fingerprint density at radius 3 is 2.10 bits per heavy atom. The van der Waals surface area contributed by atoms with Crippen LogP contribution in [0.1, 0.15) is 28.8 Å². The van der Waals surface area contributed by atoms with Crippen molar-refractivity contribution in [2.45, 2.75) is 12.8 Å². The molecule has 2 rings (SSSR count). The van der Waals surface area contributed by atoms with E-state index in [1.165, 1.54) is 27.4 Å². The number of ether oxygens (including phenoxy) is 4. The number of rotatable bonds is 11. The standard InChI is InChI=1S/C22H24O7/c1-26-19-13-15(14-20(27-2)22(19)28-3)6-11-18(23)16-7-9-17(10-8-16)29-12-4-5-21(24)25/h6-11,13-14H,4-5,12H2,1-3H3,(H,24,25)/b11-6+. The molecule has 0 bridgehead atoms. The maximum Gasteiger partial charge on any atom is 0.303 e. The van der Waals surface area contributed by atoms with Crippen molar-refractivity contribution in [3.63, 3.8) is 0 Å². The molecule has 0 spiro atoms. The van der Waals surface area contributed by atoms with E-state index in [0.29, 0.717) is 41.6 Å². The highest BCUT2D eigenvalue weighted by molar-refractivity contribution is 6.06. The van der Waals surface area contributed by atoms with Gasteiger partial charge < -0.3 is 24.1 Å². The molecule has 0 fully saturated rings. The van der Waals surface area contributed by atoms with Gasteiger partial charge in [-0.05, 0) is 54.5 Å². The Morgan fingerprint density at radius 1 is 0.966 bits per heavy atom. The van der Waals surface area contributed by atoms with Gasteiger partial charge in [0.25, 0.3) is 0 Å². The van der Waals surface area contributed by atoms with Crippen LogP contribution in [0, 0.1) is 0 Å². The third-order valence-corrected chi connectivity index (χ3v) is 4.06. The molecule has 7 heteroatoms. The number of carbonyl (C=O) groups is 2. The van der Waals surface area contributed by atoms with Crippen LogP contribution in [0.3, 0.4) is 0 Å². The van der Waals surface area contributed by atoms with Crippen LogP contribution in [-0.4, -0.2) is 44.8 Å². The van der Waals surface area contributed by atoms with Gasteiger partial charge in [-0.25, -0.2) is 0 Å². The maximum absolute atomic E-state index is 12.4. The van der Waals surface area contributed by atoms with Crippen molar-refractivity contribution in [2.75, 3.05) is 27.9 Å². The zero-order valence-corrected chi connectivity index (χ0v) is 16.6. The number of benzene rings is 2. The minimum atomic E-state index is -0.853. The lowest BCUT2D eigenvalue weighted by atomic mass is 10.1. The van der Waals surface area contributed by atoms with Gasteiger partial charge >= 0.3 is 5.97 Å². The van der Waals surface area contributed by atoms with Gasteiger partial charge in [0.15, 0.2) is 17.3 Å². The summed E-state index contributed by atoms with van der Waals surface area (Å²) in [4.78, 5) is 22.9. The van der Waals surface area contributed by atoms with Crippen molar-refractivity contribution in [2.24, 2.45) is 0 Å². The fourth-order valence-electron chi connectivity index (χ4n) is 2.59. The summed E-state index contributed by atoms with van der Waals surface area (Å²) in [5.41, 5.74) is 1.23. The van der Waals surface area contributed by atoms with Gasteiger partial charge in [0.05, 0.1) is 27.9 Å². The normalized spacial score (nSPS) is 10.6. The molecule has 0 aliphatic rings. The van der Waals surface area contributed by atoms with Gasteiger partial charge in [0, 0.05) is 12.0 Å². The lowest BCUT2D eigenvalue weighted by Crippen LogP contribution is -2.02. The summed E-state index contributed by atoms with van der Waals surface area (Å²) >= 11 is 0. The molecular formula is C22H24O7. The third kappa shape index (κ3) is 6.27. The number of methoxy groups -OCH3 is 3. The van der Waals surface area contributed by atoms with E-state index in [-0.39, 0.29) is 12.2 Å². The number of aliphatic carboxylic acids is 1. The Hall–Kier alpha value is -3.48. The van der Waals surface area contributed by atoms with E-state index in [1.54, 1.807) is 42.5 Å². The molecule has 0 heterocycles. The number of hydrogen-bond acceptors (Lipinski definition) is 6. The number of ketones is 1. The number of carboxylic acids is 1. The van der Waals surface area contributed by atoms with Gasteiger partial charge in [-0.1, -0.05) is 6.08 Å². The van der Waals surface area contributed by atoms with Crippen LogP contribution < -0.4 is 18.9 Å². The molecule has 0 saturated heterocycles. The molecule has 7 nitrogen and oxygen atoms in total. The number of hydrogen-bond donors (Lipinski definition) is 1. The fraction of sp³-hybridized carbons (Fsp3) is 0.273. The largest absolute Gasteiger partial charge is 0.494 e. The Kier molecular flexibility index (Phi) is 8.09. The van der Waals surface area contributed by atoms with Crippen molar-refractivity contribution in [1.82, 2.24) is 0 Å². The van der Waals surface area contributed by atoms with Gasteiger partial charge in [-0.15, -0.1) is 0 Å². The van der Waals surface area contributed by atoms with Gasteiger partial charge in [0.1, 0.15) is 5.75 Å². The average molecular weight is 400 g/mol. The topological polar surface area (TPSA) is 91.3 Å². The SMILES string of the molecule is COc1cc(/C=C/C(=O)c2ccc(OCCCC(=O)O)cc2)cc(OC)c1OC. The Balaban J connectivity index is 2.04. The first-order valence-corrected chi connectivity index (χ1v) is 8.95. The first-order chi connectivity index (χ1) is 14.0. The average Bonchev–Trinajstić information content (AvgIpc) is 2.74. The molecule has 0 unspecified atom stereocenters. The molecule has 0 aromatic heterocycles. The minimum absolute atomic E-state index is 0.0578. The molecule has 0 saturated carbocycles. The van der Waals surface area contributed by atoms with E-state index in [9.17, 15) is 9.59 Å².